The fraction of sp³-hybridized carbons (Fsp3) is 0.222. The molecule has 0 spiro atoms. The number of carbonyl (C=O) groups excluding carboxylic acids is 2. The zero-order valence-corrected chi connectivity index (χ0v) is 17.7. The summed E-state index contributed by atoms with van der Waals surface area (Å²) in [5, 5.41) is 63.2. The second kappa shape index (κ2) is 11.1. The van der Waals surface area contributed by atoms with Crippen molar-refractivity contribution in [3.8, 4) is 23.0 Å². The zero-order valence-electron chi connectivity index (χ0n) is 17.7. The van der Waals surface area contributed by atoms with Gasteiger partial charge in [-0.15, -0.1) is 0 Å². The normalized spacial score (nSPS) is 10.3. The van der Waals surface area contributed by atoms with Crippen LogP contribution in [0.2, 0.25) is 0 Å². The van der Waals surface area contributed by atoms with Gasteiger partial charge >= 0.3 is 34.7 Å². The highest BCUT2D eigenvalue weighted by Crippen LogP contribution is 2.41. The van der Waals surface area contributed by atoms with Crippen molar-refractivity contribution in [1.82, 2.24) is 0 Å². The van der Waals surface area contributed by atoms with Gasteiger partial charge in [0.15, 0.2) is 0 Å². The standard InChI is InChI=1S/C18H14N4O14/c23-9-5-11(19(27)28)17(12(6-9)20(29)30)35-15(25)3-1-2-4-16(26)36-18-13(21(31)32)7-10(24)8-14(18)22(33)34/h5-8,23-24H,1-4H2. The summed E-state index contributed by atoms with van der Waals surface area (Å²) in [6.07, 6.45) is -1.20. The van der Waals surface area contributed by atoms with E-state index >= 15 is 0 Å². The summed E-state index contributed by atoms with van der Waals surface area (Å²) in [6.45, 7) is 0. The van der Waals surface area contributed by atoms with Crippen molar-refractivity contribution in [2.75, 3.05) is 0 Å². The Bertz CT molecular complexity index is 1110. The molecule has 2 rings (SSSR count). The van der Waals surface area contributed by atoms with E-state index in [1.807, 2.05) is 0 Å². The van der Waals surface area contributed by atoms with Crippen molar-refractivity contribution in [1.29, 1.82) is 0 Å². The number of phenolic OH excluding ortho intramolecular Hbond substituents is 2. The predicted molar refractivity (Wildman–Crippen MR) is 113 cm³/mol. The molecule has 0 aromatic heterocycles. The molecule has 0 aliphatic rings. The van der Waals surface area contributed by atoms with E-state index in [0.29, 0.717) is 24.3 Å². The summed E-state index contributed by atoms with van der Waals surface area (Å²) in [5.41, 5.74) is -4.13. The summed E-state index contributed by atoms with van der Waals surface area (Å²) in [6, 6.07) is 2.20. The van der Waals surface area contributed by atoms with Gasteiger partial charge in [0.25, 0.3) is 11.5 Å². The van der Waals surface area contributed by atoms with E-state index in [2.05, 4.69) is 0 Å². The molecule has 0 radical (unpaired) electrons. The first-order chi connectivity index (χ1) is 16.8. The first-order valence-electron chi connectivity index (χ1n) is 9.54. The highest BCUT2D eigenvalue weighted by molar-refractivity contribution is 5.78. The third-order valence-corrected chi connectivity index (χ3v) is 4.30. The number of nitro groups is 4. The molecule has 0 aliphatic heterocycles. The average Bonchev–Trinajstić information content (AvgIpc) is 2.77. The molecule has 18 nitrogen and oxygen atoms in total. The van der Waals surface area contributed by atoms with Crippen molar-refractivity contribution in [3.05, 3.63) is 64.7 Å². The van der Waals surface area contributed by atoms with E-state index in [1.54, 1.807) is 0 Å². The minimum atomic E-state index is -1.15. The molecule has 36 heavy (non-hydrogen) atoms. The average molecular weight is 510 g/mol. The number of rotatable bonds is 11. The molecule has 0 fully saturated rings. The minimum absolute atomic E-state index is 0.118. The molecule has 0 saturated carbocycles. The molecule has 2 aromatic rings. The van der Waals surface area contributed by atoms with Crippen molar-refractivity contribution in [2.45, 2.75) is 25.7 Å². The number of nitrogens with zero attached hydrogens (tertiary/aromatic N) is 4. The van der Waals surface area contributed by atoms with Crippen LogP contribution < -0.4 is 9.47 Å². The SMILES string of the molecule is O=C(CCCCC(=O)Oc1c([N+](=O)[O-])cc(O)cc1[N+](=O)[O-])Oc1c([N+](=O)[O-])cc(O)cc1[N+](=O)[O-]. The van der Waals surface area contributed by atoms with E-state index in [1.165, 1.54) is 0 Å². The number of carbonyl (C=O) groups is 2. The Labute approximate surface area is 197 Å². The maximum Gasteiger partial charge on any atom is 0.322 e. The smallest absolute Gasteiger partial charge is 0.322 e. The molecule has 18 heteroatoms. The maximum absolute atomic E-state index is 12.0. The van der Waals surface area contributed by atoms with Crippen LogP contribution in [0.3, 0.4) is 0 Å². The van der Waals surface area contributed by atoms with Gasteiger partial charge in [-0.3, -0.25) is 50.0 Å². The molecular formula is C18H14N4O14. The molecule has 0 amide bonds. The largest absolute Gasteiger partial charge is 0.507 e. The molecule has 0 heterocycles. The number of hydrogen-bond donors (Lipinski definition) is 2. The Hall–Kier alpha value is -5.42. The van der Waals surface area contributed by atoms with Gasteiger partial charge in [-0.25, -0.2) is 0 Å². The van der Waals surface area contributed by atoms with E-state index in [9.17, 15) is 60.3 Å². The van der Waals surface area contributed by atoms with Gasteiger partial charge in [-0.1, -0.05) is 0 Å². The summed E-state index contributed by atoms with van der Waals surface area (Å²) in [7, 11) is 0. The Kier molecular flexibility index (Phi) is 8.30. The fourth-order valence-electron chi connectivity index (χ4n) is 2.79. The Morgan fingerprint density at radius 2 is 0.861 bits per heavy atom. The monoisotopic (exact) mass is 510 g/mol. The topological polar surface area (TPSA) is 266 Å². The van der Waals surface area contributed by atoms with E-state index < -0.39 is 90.2 Å². The molecule has 0 bridgehead atoms. The number of unbranched alkanes of at least 4 members (excludes halogenated alkanes) is 1. The van der Waals surface area contributed by atoms with Gasteiger partial charge in [0.2, 0.25) is 0 Å². The Morgan fingerprint density at radius 3 is 1.08 bits per heavy atom. The lowest BCUT2D eigenvalue weighted by molar-refractivity contribution is -0.396. The van der Waals surface area contributed by atoms with Crippen molar-refractivity contribution in [2.24, 2.45) is 0 Å². The van der Waals surface area contributed by atoms with Crippen LogP contribution in [0.1, 0.15) is 25.7 Å². The first kappa shape index (κ1) is 26.8. The van der Waals surface area contributed by atoms with Gasteiger partial charge in [-0.2, -0.15) is 0 Å². The summed E-state index contributed by atoms with van der Waals surface area (Å²) < 4.78 is 9.46. The Morgan fingerprint density at radius 1 is 0.611 bits per heavy atom. The fourth-order valence-corrected chi connectivity index (χ4v) is 2.79. The molecule has 0 saturated heterocycles. The number of phenols is 2. The molecule has 190 valence electrons. The van der Waals surface area contributed by atoms with E-state index in [-0.39, 0.29) is 12.8 Å². The summed E-state index contributed by atoms with van der Waals surface area (Å²) >= 11 is 0. The van der Waals surface area contributed by atoms with Gasteiger partial charge in [0, 0.05) is 12.8 Å². The lowest BCUT2D eigenvalue weighted by atomic mass is 10.2. The van der Waals surface area contributed by atoms with Crippen LogP contribution in [0.4, 0.5) is 22.7 Å². The highest BCUT2D eigenvalue weighted by Gasteiger charge is 2.32. The molecule has 0 atom stereocenters. The van der Waals surface area contributed by atoms with Gasteiger partial charge in [-0.05, 0) is 12.8 Å². The van der Waals surface area contributed by atoms with Gasteiger partial charge in [0.1, 0.15) is 11.5 Å². The number of esters is 2. The van der Waals surface area contributed by atoms with Crippen LogP contribution in [0.25, 0.3) is 0 Å². The second-order valence-corrected chi connectivity index (χ2v) is 6.81. The number of nitro benzene ring substituents is 4. The number of benzene rings is 2. The van der Waals surface area contributed by atoms with Crippen LogP contribution in [0, 0.1) is 40.5 Å². The predicted octanol–water partition coefficient (Wildman–Crippen LogP) is 2.80. The third kappa shape index (κ3) is 6.56. The molecule has 0 aliphatic carbocycles. The zero-order chi connectivity index (χ0) is 27.2. The number of ether oxygens (including phenoxy) is 2. The molecular weight excluding hydrogens is 496 g/mol. The van der Waals surface area contributed by atoms with E-state index in [0.717, 1.165) is 0 Å². The molecule has 0 unspecified atom stereocenters. The van der Waals surface area contributed by atoms with Gasteiger partial charge in [0.05, 0.1) is 44.0 Å². The summed E-state index contributed by atoms with van der Waals surface area (Å²) in [5.74, 6) is -5.91. The van der Waals surface area contributed by atoms with Crippen LogP contribution in [-0.2, 0) is 9.59 Å². The quantitative estimate of drug-likeness (QED) is 0.145. The van der Waals surface area contributed by atoms with Crippen LogP contribution in [0.5, 0.6) is 23.0 Å². The second-order valence-electron chi connectivity index (χ2n) is 6.81. The van der Waals surface area contributed by atoms with Crippen molar-refractivity contribution >= 4 is 34.7 Å². The molecule has 2 aromatic carbocycles. The van der Waals surface area contributed by atoms with Crippen LogP contribution >= 0.6 is 0 Å². The Balaban J connectivity index is 2.03. The molecule has 2 N–H and O–H groups in total. The van der Waals surface area contributed by atoms with Gasteiger partial charge < -0.3 is 19.7 Å². The first-order valence-corrected chi connectivity index (χ1v) is 9.54. The number of hydrogen-bond acceptors (Lipinski definition) is 14. The van der Waals surface area contributed by atoms with Crippen LogP contribution in [-0.4, -0.2) is 41.8 Å². The third-order valence-electron chi connectivity index (χ3n) is 4.30. The van der Waals surface area contributed by atoms with Crippen molar-refractivity contribution in [3.63, 3.8) is 0 Å². The van der Waals surface area contributed by atoms with Crippen molar-refractivity contribution < 1.29 is 49.0 Å². The minimum Gasteiger partial charge on any atom is -0.507 e. The van der Waals surface area contributed by atoms with Crippen LogP contribution in [0.15, 0.2) is 24.3 Å². The summed E-state index contributed by atoms with van der Waals surface area (Å²) in [4.78, 5) is 64.0. The lowest BCUT2D eigenvalue weighted by Crippen LogP contribution is -2.12. The highest BCUT2D eigenvalue weighted by atomic mass is 16.7. The van der Waals surface area contributed by atoms with E-state index in [4.69, 9.17) is 9.47 Å². The number of aromatic hydroxyl groups is 2. The maximum atomic E-state index is 12.0. The lowest BCUT2D eigenvalue weighted by Gasteiger charge is -2.07.